The normalized spacial score (nSPS) is 11.6. The molecular weight excluding hydrogens is 536 g/mol. The summed E-state index contributed by atoms with van der Waals surface area (Å²) in [6, 6.07) is 8.69. The van der Waals surface area contributed by atoms with E-state index in [1.807, 2.05) is 5.32 Å². The molecule has 1 aromatic heterocycles. The maximum Gasteiger partial charge on any atom is 0.433 e. The summed E-state index contributed by atoms with van der Waals surface area (Å²) in [6.45, 7) is 1.26. The van der Waals surface area contributed by atoms with Crippen LogP contribution in [0.15, 0.2) is 54.7 Å². The second-order valence-corrected chi connectivity index (χ2v) is 7.91. The smallest absolute Gasteiger partial charge is 0.433 e. The maximum atomic E-state index is 13.5. The highest BCUT2D eigenvalue weighted by atomic mass is 19.4. The molecule has 2 amide bonds. The van der Waals surface area contributed by atoms with Crippen molar-refractivity contribution >= 4 is 29.2 Å². The molecule has 206 valence electrons. The van der Waals surface area contributed by atoms with E-state index >= 15 is 0 Å². The van der Waals surface area contributed by atoms with Crippen molar-refractivity contribution in [3.05, 3.63) is 71.5 Å². The van der Waals surface area contributed by atoms with Crippen LogP contribution in [-0.4, -0.2) is 34.5 Å². The second-order valence-electron chi connectivity index (χ2n) is 7.91. The molecule has 0 aliphatic rings. The molecule has 0 aliphatic carbocycles. The minimum atomic E-state index is -4.92. The zero-order valence-electron chi connectivity index (χ0n) is 19.9. The SMILES string of the molecule is CCOc1cc(NC(=O)O)c(NC(=O)CC(=O)c2cccc(-c3ccnc(C(F)(F)F)c3)c2)cc1C(F)(F)F. The average molecular weight is 555 g/mol. The average Bonchev–Trinajstić information content (AvgIpc) is 2.84. The third kappa shape index (κ3) is 7.46. The fraction of sp³-hybridized carbons (Fsp3) is 0.200. The summed E-state index contributed by atoms with van der Waals surface area (Å²) in [5.41, 5.74) is -3.16. The van der Waals surface area contributed by atoms with Crippen LogP contribution in [0.3, 0.4) is 0 Å². The number of nitrogens with one attached hydrogen (secondary N) is 2. The monoisotopic (exact) mass is 555 g/mol. The Hall–Kier alpha value is -4.62. The molecule has 39 heavy (non-hydrogen) atoms. The van der Waals surface area contributed by atoms with E-state index in [2.05, 4.69) is 10.3 Å². The quantitative estimate of drug-likeness (QED) is 0.166. The largest absolute Gasteiger partial charge is 0.493 e. The minimum absolute atomic E-state index is 0.0559. The molecule has 0 fully saturated rings. The fourth-order valence-corrected chi connectivity index (χ4v) is 3.48. The van der Waals surface area contributed by atoms with Gasteiger partial charge in [0.2, 0.25) is 5.91 Å². The lowest BCUT2D eigenvalue weighted by Gasteiger charge is -2.18. The van der Waals surface area contributed by atoms with E-state index in [1.54, 1.807) is 0 Å². The summed E-state index contributed by atoms with van der Waals surface area (Å²) in [5, 5.41) is 13.0. The number of carbonyl (C=O) groups excluding carboxylic acids is 2. The van der Waals surface area contributed by atoms with Crippen LogP contribution in [0.2, 0.25) is 0 Å². The van der Waals surface area contributed by atoms with Gasteiger partial charge in [-0.15, -0.1) is 0 Å². The van der Waals surface area contributed by atoms with E-state index in [9.17, 15) is 40.7 Å². The number of halogens is 6. The van der Waals surface area contributed by atoms with Crippen LogP contribution >= 0.6 is 0 Å². The van der Waals surface area contributed by atoms with Gasteiger partial charge in [-0.1, -0.05) is 18.2 Å². The van der Waals surface area contributed by atoms with Crippen molar-refractivity contribution in [2.75, 3.05) is 17.2 Å². The Labute approximate surface area is 216 Å². The van der Waals surface area contributed by atoms with E-state index < -0.39 is 64.9 Å². The molecule has 0 saturated heterocycles. The highest BCUT2D eigenvalue weighted by Gasteiger charge is 2.36. The first-order valence-corrected chi connectivity index (χ1v) is 11.0. The van der Waals surface area contributed by atoms with Gasteiger partial charge in [-0.25, -0.2) is 4.79 Å². The summed E-state index contributed by atoms with van der Waals surface area (Å²) in [6.07, 6.45) is -11.2. The van der Waals surface area contributed by atoms with Crippen molar-refractivity contribution in [3.8, 4) is 16.9 Å². The summed E-state index contributed by atoms with van der Waals surface area (Å²) in [7, 11) is 0. The number of nitrogens with zero attached hydrogens (tertiary/aromatic N) is 1. The molecule has 3 N–H and O–H groups in total. The number of Topliss-reactive ketones (excluding diaryl/α,β-unsaturated/α-hetero) is 1. The number of hydrogen-bond acceptors (Lipinski definition) is 5. The van der Waals surface area contributed by atoms with Gasteiger partial charge in [0, 0.05) is 17.8 Å². The number of alkyl halides is 6. The van der Waals surface area contributed by atoms with E-state index in [0.29, 0.717) is 6.07 Å². The number of pyridine rings is 1. The number of ether oxygens (including phenoxy) is 1. The van der Waals surface area contributed by atoms with Gasteiger partial charge in [-0.05, 0) is 42.3 Å². The summed E-state index contributed by atoms with van der Waals surface area (Å²) in [5.74, 6) is -2.54. The molecule has 3 aromatic rings. The van der Waals surface area contributed by atoms with Gasteiger partial charge in [0.25, 0.3) is 0 Å². The van der Waals surface area contributed by atoms with Crippen molar-refractivity contribution < 1.29 is 50.6 Å². The Morgan fingerprint density at radius 1 is 0.897 bits per heavy atom. The predicted octanol–water partition coefficient (Wildman–Crippen LogP) is 6.49. The number of amides is 2. The van der Waals surface area contributed by atoms with E-state index in [1.165, 1.54) is 37.3 Å². The van der Waals surface area contributed by atoms with Crippen LogP contribution in [-0.2, 0) is 17.1 Å². The lowest BCUT2D eigenvalue weighted by molar-refractivity contribution is -0.141. The van der Waals surface area contributed by atoms with E-state index in [4.69, 9.17) is 9.84 Å². The summed E-state index contributed by atoms with van der Waals surface area (Å²) >= 11 is 0. The van der Waals surface area contributed by atoms with Crippen LogP contribution in [0.25, 0.3) is 11.1 Å². The number of anilines is 2. The third-order valence-electron chi connectivity index (χ3n) is 5.13. The van der Waals surface area contributed by atoms with Gasteiger partial charge < -0.3 is 15.2 Å². The number of hydrogen-bond donors (Lipinski definition) is 3. The topological polar surface area (TPSA) is 118 Å². The molecule has 0 saturated carbocycles. The van der Waals surface area contributed by atoms with Gasteiger partial charge in [0.05, 0.1) is 30.0 Å². The molecule has 2 aromatic carbocycles. The minimum Gasteiger partial charge on any atom is -0.493 e. The van der Waals surface area contributed by atoms with Crippen molar-refractivity contribution in [2.45, 2.75) is 25.7 Å². The Morgan fingerprint density at radius 3 is 2.18 bits per heavy atom. The first kappa shape index (κ1) is 28.9. The van der Waals surface area contributed by atoms with Crippen molar-refractivity contribution in [1.82, 2.24) is 4.98 Å². The van der Waals surface area contributed by atoms with Crippen molar-refractivity contribution in [3.63, 3.8) is 0 Å². The zero-order chi connectivity index (χ0) is 29.0. The van der Waals surface area contributed by atoms with Crippen molar-refractivity contribution in [1.29, 1.82) is 0 Å². The van der Waals surface area contributed by atoms with Crippen LogP contribution in [0.5, 0.6) is 5.75 Å². The van der Waals surface area contributed by atoms with E-state index in [0.717, 1.165) is 18.3 Å². The second kappa shape index (κ2) is 11.4. The van der Waals surface area contributed by atoms with Crippen molar-refractivity contribution in [2.24, 2.45) is 0 Å². The van der Waals surface area contributed by atoms with Gasteiger partial charge >= 0.3 is 18.4 Å². The maximum absolute atomic E-state index is 13.5. The highest BCUT2D eigenvalue weighted by molar-refractivity contribution is 6.12. The highest BCUT2D eigenvalue weighted by Crippen LogP contribution is 2.41. The Bertz CT molecular complexity index is 1410. The predicted molar refractivity (Wildman–Crippen MR) is 127 cm³/mol. The van der Waals surface area contributed by atoms with Crippen LogP contribution in [0.4, 0.5) is 42.5 Å². The molecule has 0 radical (unpaired) electrons. The molecular formula is C25H19F6N3O5. The zero-order valence-corrected chi connectivity index (χ0v) is 19.9. The van der Waals surface area contributed by atoms with Gasteiger partial charge in [0.15, 0.2) is 5.78 Å². The van der Waals surface area contributed by atoms with Gasteiger partial charge in [0.1, 0.15) is 11.4 Å². The molecule has 14 heteroatoms. The molecule has 0 spiro atoms. The first-order valence-electron chi connectivity index (χ1n) is 11.0. The van der Waals surface area contributed by atoms with Gasteiger partial charge in [-0.3, -0.25) is 19.9 Å². The standard InChI is InChI=1S/C25H19F6N3O5/c1-2-39-20-11-18(34-23(37)38)17(10-16(20)24(26,27)28)33-22(36)12-19(35)15-5-3-4-13(8-15)14-6-7-32-21(9-14)25(29,30)31/h3-11,34H,2,12H2,1H3,(H,33,36)(H,37,38). The van der Waals surface area contributed by atoms with Gasteiger partial charge in [-0.2, -0.15) is 26.3 Å². The number of aromatic nitrogens is 1. The molecule has 0 aliphatic heterocycles. The fourth-order valence-electron chi connectivity index (χ4n) is 3.48. The van der Waals surface area contributed by atoms with Crippen LogP contribution in [0, 0.1) is 0 Å². The molecule has 0 unspecified atom stereocenters. The summed E-state index contributed by atoms with van der Waals surface area (Å²) < 4.78 is 84.5. The molecule has 0 atom stereocenters. The number of ketones is 1. The number of benzene rings is 2. The Balaban J connectivity index is 1.86. The lowest BCUT2D eigenvalue weighted by Crippen LogP contribution is -2.20. The lowest BCUT2D eigenvalue weighted by atomic mass is 10.00. The molecule has 1 heterocycles. The Morgan fingerprint density at radius 2 is 1.56 bits per heavy atom. The third-order valence-corrected chi connectivity index (χ3v) is 5.13. The molecule has 0 bridgehead atoms. The van der Waals surface area contributed by atoms with E-state index in [-0.39, 0.29) is 23.3 Å². The van der Waals surface area contributed by atoms with Crippen LogP contribution < -0.4 is 15.4 Å². The first-order chi connectivity index (χ1) is 18.2. The molecule has 3 rings (SSSR count). The summed E-state index contributed by atoms with van der Waals surface area (Å²) in [4.78, 5) is 39.7. The number of rotatable bonds is 8. The number of carboxylic acid groups (broad SMARTS) is 1. The van der Waals surface area contributed by atoms with Crippen LogP contribution in [0.1, 0.15) is 35.0 Å². The Kier molecular flexibility index (Phi) is 8.47. The number of carbonyl (C=O) groups is 3. The molecule has 8 nitrogen and oxygen atoms in total.